The minimum atomic E-state index is -1.23. The number of hydrogen-bond donors (Lipinski definition) is 2. The number of phenols is 1. The molecule has 0 radical (unpaired) electrons. The van der Waals surface area contributed by atoms with Crippen LogP contribution in [0.1, 0.15) is 31.4 Å². The zero-order chi connectivity index (χ0) is 18.4. The van der Waals surface area contributed by atoms with E-state index >= 15 is 0 Å². The molecule has 2 aliphatic heterocycles. The van der Waals surface area contributed by atoms with Gasteiger partial charge in [0.15, 0.2) is 0 Å². The van der Waals surface area contributed by atoms with Crippen molar-refractivity contribution in [2.45, 2.75) is 31.3 Å². The molecule has 1 aromatic rings. The third-order valence-electron chi connectivity index (χ3n) is 5.32. The average molecular weight is 346 g/mol. The van der Waals surface area contributed by atoms with Crippen LogP contribution in [-0.4, -0.2) is 47.5 Å². The Morgan fingerprint density at radius 1 is 1.28 bits per heavy atom. The second-order valence-electron chi connectivity index (χ2n) is 6.67. The maximum Gasteiger partial charge on any atom is 0.326 e. The SMILES string of the molecule is CCC[C@]1(C(=O)OC)N[C@H](c2ccc(O)cc2)[C@H]2C(=O)N(C)C(=O)[C@H]21. The number of benzene rings is 1. The van der Waals surface area contributed by atoms with E-state index in [1.165, 1.54) is 26.3 Å². The van der Waals surface area contributed by atoms with Crippen molar-refractivity contribution < 1.29 is 24.2 Å². The number of fused-ring (bicyclic) bond motifs is 1. The number of imide groups is 1. The summed E-state index contributed by atoms with van der Waals surface area (Å²) in [4.78, 5) is 39.2. The first-order valence-corrected chi connectivity index (χ1v) is 8.33. The van der Waals surface area contributed by atoms with Crippen LogP contribution in [0.2, 0.25) is 0 Å². The molecule has 25 heavy (non-hydrogen) atoms. The summed E-state index contributed by atoms with van der Waals surface area (Å²) in [5.74, 6) is -2.55. The Balaban J connectivity index is 2.13. The molecule has 0 aromatic heterocycles. The van der Waals surface area contributed by atoms with Crippen LogP contribution in [0.5, 0.6) is 5.75 Å². The predicted molar refractivity (Wildman–Crippen MR) is 88.4 cm³/mol. The number of methoxy groups -OCH3 is 1. The molecular formula is C18H22N2O5. The van der Waals surface area contributed by atoms with Gasteiger partial charge in [-0.2, -0.15) is 0 Å². The van der Waals surface area contributed by atoms with Gasteiger partial charge in [-0.3, -0.25) is 24.6 Å². The van der Waals surface area contributed by atoms with E-state index in [2.05, 4.69) is 5.32 Å². The lowest BCUT2D eigenvalue weighted by Crippen LogP contribution is -2.56. The number of likely N-dealkylation sites (tertiary alicyclic amines) is 1. The van der Waals surface area contributed by atoms with Gasteiger partial charge in [0.25, 0.3) is 0 Å². The molecule has 7 heteroatoms. The summed E-state index contributed by atoms with van der Waals surface area (Å²) in [5, 5.41) is 12.8. The van der Waals surface area contributed by atoms with Gasteiger partial charge < -0.3 is 9.84 Å². The van der Waals surface area contributed by atoms with E-state index in [-0.39, 0.29) is 17.6 Å². The zero-order valence-corrected chi connectivity index (χ0v) is 14.5. The second-order valence-corrected chi connectivity index (χ2v) is 6.67. The first-order chi connectivity index (χ1) is 11.9. The van der Waals surface area contributed by atoms with E-state index < -0.39 is 29.4 Å². The third-order valence-corrected chi connectivity index (χ3v) is 5.32. The van der Waals surface area contributed by atoms with E-state index in [0.29, 0.717) is 12.8 Å². The molecule has 134 valence electrons. The monoisotopic (exact) mass is 346 g/mol. The molecule has 4 atom stereocenters. The smallest absolute Gasteiger partial charge is 0.326 e. The molecule has 0 aliphatic carbocycles. The highest BCUT2D eigenvalue weighted by Gasteiger charge is 2.67. The molecule has 2 fully saturated rings. The van der Waals surface area contributed by atoms with Gasteiger partial charge in [0.1, 0.15) is 11.3 Å². The Bertz CT molecular complexity index is 717. The standard InChI is InChI=1S/C18H22N2O5/c1-4-9-18(17(24)25-3)13-12(15(22)20(2)16(13)23)14(19-18)10-5-7-11(21)8-6-10/h5-8,12-14,19,21H,4,9H2,1-3H3/t12-,13-,14+,18-/m0/s1. The molecule has 0 unspecified atom stereocenters. The van der Waals surface area contributed by atoms with E-state index in [1.54, 1.807) is 12.1 Å². The van der Waals surface area contributed by atoms with Crippen LogP contribution in [0.15, 0.2) is 24.3 Å². The second kappa shape index (κ2) is 6.15. The highest BCUT2D eigenvalue weighted by molar-refractivity contribution is 6.09. The quantitative estimate of drug-likeness (QED) is 0.623. The summed E-state index contributed by atoms with van der Waals surface area (Å²) in [6.45, 7) is 1.92. The summed E-state index contributed by atoms with van der Waals surface area (Å²) in [6.07, 6.45) is 1.04. The van der Waals surface area contributed by atoms with Crippen molar-refractivity contribution in [3.8, 4) is 5.75 Å². The fourth-order valence-corrected chi connectivity index (χ4v) is 4.21. The lowest BCUT2D eigenvalue weighted by molar-refractivity contribution is -0.154. The lowest BCUT2D eigenvalue weighted by Gasteiger charge is -2.31. The molecule has 1 aromatic carbocycles. The summed E-state index contributed by atoms with van der Waals surface area (Å²) in [5.41, 5.74) is -0.486. The summed E-state index contributed by atoms with van der Waals surface area (Å²) in [6, 6.07) is 5.93. The molecule has 3 rings (SSSR count). The molecule has 2 N–H and O–H groups in total. The van der Waals surface area contributed by atoms with E-state index in [0.717, 1.165) is 10.5 Å². The van der Waals surface area contributed by atoms with Gasteiger partial charge in [-0.1, -0.05) is 25.5 Å². The third kappa shape index (κ3) is 2.41. The molecule has 2 heterocycles. The molecule has 2 aliphatic rings. The number of ether oxygens (including phenoxy) is 1. The fraction of sp³-hybridized carbons (Fsp3) is 0.500. The number of nitrogens with one attached hydrogen (secondary N) is 1. The Hall–Kier alpha value is -2.41. The molecular weight excluding hydrogens is 324 g/mol. The highest BCUT2D eigenvalue weighted by Crippen LogP contribution is 2.50. The number of hydrogen-bond acceptors (Lipinski definition) is 6. The fourth-order valence-electron chi connectivity index (χ4n) is 4.21. The first-order valence-electron chi connectivity index (χ1n) is 8.33. The molecule has 2 amide bonds. The molecule has 0 saturated carbocycles. The van der Waals surface area contributed by atoms with Gasteiger partial charge in [-0.25, -0.2) is 0 Å². The number of amides is 2. The largest absolute Gasteiger partial charge is 0.508 e. The number of phenolic OH excluding ortho intramolecular Hbond substituents is 1. The summed E-state index contributed by atoms with van der Waals surface area (Å²) in [7, 11) is 2.74. The molecule has 2 saturated heterocycles. The lowest BCUT2D eigenvalue weighted by atomic mass is 9.77. The summed E-state index contributed by atoms with van der Waals surface area (Å²) < 4.78 is 5.00. The number of nitrogens with zero attached hydrogens (tertiary/aromatic N) is 1. The van der Waals surface area contributed by atoms with Crippen LogP contribution < -0.4 is 5.32 Å². The van der Waals surface area contributed by atoms with Crippen molar-refractivity contribution in [1.29, 1.82) is 0 Å². The van der Waals surface area contributed by atoms with Gasteiger partial charge in [0.2, 0.25) is 11.8 Å². The molecule has 0 spiro atoms. The normalized spacial score (nSPS) is 31.3. The van der Waals surface area contributed by atoms with Gasteiger partial charge in [-0.05, 0) is 24.1 Å². The minimum Gasteiger partial charge on any atom is -0.508 e. The van der Waals surface area contributed by atoms with Crippen LogP contribution in [0.4, 0.5) is 0 Å². The van der Waals surface area contributed by atoms with E-state index in [1.807, 2.05) is 6.92 Å². The van der Waals surface area contributed by atoms with Crippen LogP contribution >= 0.6 is 0 Å². The van der Waals surface area contributed by atoms with Crippen LogP contribution in [0.25, 0.3) is 0 Å². The first kappa shape index (κ1) is 17.4. The van der Waals surface area contributed by atoms with Gasteiger partial charge >= 0.3 is 5.97 Å². The van der Waals surface area contributed by atoms with Crippen molar-refractivity contribution >= 4 is 17.8 Å². The van der Waals surface area contributed by atoms with Gasteiger partial charge in [0, 0.05) is 13.1 Å². The predicted octanol–water partition coefficient (Wildman–Crippen LogP) is 0.979. The summed E-state index contributed by atoms with van der Waals surface area (Å²) >= 11 is 0. The van der Waals surface area contributed by atoms with Crippen LogP contribution in [0, 0.1) is 11.8 Å². The van der Waals surface area contributed by atoms with Crippen molar-refractivity contribution in [3.05, 3.63) is 29.8 Å². The minimum absolute atomic E-state index is 0.108. The Morgan fingerprint density at radius 2 is 1.92 bits per heavy atom. The topological polar surface area (TPSA) is 95.9 Å². The number of rotatable bonds is 4. The van der Waals surface area contributed by atoms with Crippen molar-refractivity contribution in [1.82, 2.24) is 10.2 Å². The highest BCUT2D eigenvalue weighted by atomic mass is 16.5. The Labute approximate surface area is 146 Å². The van der Waals surface area contributed by atoms with E-state index in [4.69, 9.17) is 4.74 Å². The maximum atomic E-state index is 12.8. The zero-order valence-electron chi connectivity index (χ0n) is 14.5. The Kier molecular flexibility index (Phi) is 4.28. The number of aromatic hydroxyl groups is 1. The van der Waals surface area contributed by atoms with Crippen LogP contribution in [0.3, 0.4) is 0 Å². The number of esters is 1. The van der Waals surface area contributed by atoms with Crippen molar-refractivity contribution in [3.63, 3.8) is 0 Å². The van der Waals surface area contributed by atoms with E-state index in [9.17, 15) is 19.5 Å². The Morgan fingerprint density at radius 3 is 2.48 bits per heavy atom. The number of carbonyl (C=O) groups is 3. The molecule has 7 nitrogen and oxygen atoms in total. The number of carbonyl (C=O) groups excluding carboxylic acids is 3. The van der Waals surface area contributed by atoms with Gasteiger partial charge in [0.05, 0.1) is 18.9 Å². The maximum absolute atomic E-state index is 12.8. The van der Waals surface area contributed by atoms with Gasteiger partial charge in [-0.15, -0.1) is 0 Å². The molecule has 0 bridgehead atoms. The van der Waals surface area contributed by atoms with Crippen molar-refractivity contribution in [2.24, 2.45) is 11.8 Å². The average Bonchev–Trinajstić information content (AvgIpc) is 3.06. The van der Waals surface area contributed by atoms with Crippen molar-refractivity contribution in [2.75, 3.05) is 14.2 Å². The van der Waals surface area contributed by atoms with Crippen LogP contribution in [-0.2, 0) is 19.1 Å².